The highest BCUT2D eigenvalue weighted by atomic mass is 16.5. The van der Waals surface area contributed by atoms with Crippen LogP contribution in [0.4, 0.5) is 4.79 Å². The van der Waals surface area contributed by atoms with Gasteiger partial charge in [-0.3, -0.25) is 9.69 Å². The third-order valence-corrected chi connectivity index (χ3v) is 4.79. The predicted octanol–water partition coefficient (Wildman–Crippen LogP) is 4.10. The van der Waals surface area contributed by atoms with Crippen molar-refractivity contribution < 1.29 is 19.1 Å². The van der Waals surface area contributed by atoms with Crippen molar-refractivity contribution in [1.82, 2.24) is 10.2 Å². The number of benzene rings is 3. The van der Waals surface area contributed by atoms with E-state index in [1.807, 2.05) is 84.9 Å². The van der Waals surface area contributed by atoms with Crippen LogP contribution >= 0.6 is 0 Å². The Morgan fingerprint density at radius 2 is 1.44 bits per heavy atom. The van der Waals surface area contributed by atoms with Gasteiger partial charge < -0.3 is 14.8 Å². The van der Waals surface area contributed by atoms with Crippen LogP contribution < -0.4 is 10.1 Å². The Kier molecular flexibility index (Phi) is 9.30. The number of imide groups is 1. The number of urea groups is 1. The van der Waals surface area contributed by atoms with Gasteiger partial charge in [-0.15, -0.1) is 0 Å². The molecule has 1 radical (unpaired) electrons. The van der Waals surface area contributed by atoms with Gasteiger partial charge in [0.25, 0.3) is 0 Å². The number of hydrogen-bond acceptors (Lipinski definition) is 4. The summed E-state index contributed by atoms with van der Waals surface area (Å²) in [6.45, 7) is 1.90. The van der Waals surface area contributed by atoms with Gasteiger partial charge in [-0.05, 0) is 35.2 Å². The molecule has 0 aliphatic heterocycles. The number of amides is 3. The first-order valence-corrected chi connectivity index (χ1v) is 10.5. The minimum Gasteiger partial charge on any atom is -0.489 e. The highest BCUT2D eigenvalue weighted by Crippen LogP contribution is 2.15. The summed E-state index contributed by atoms with van der Waals surface area (Å²) in [5, 5.41) is 2.68. The smallest absolute Gasteiger partial charge is 0.324 e. The van der Waals surface area contributed by atoms with Crippen LogP contribution in [0.3, 0.4) is 0 Å². The summed E-state index contributed by atoms with van der Waals surface area (Å²) in [4.78, 5) is 24.4. The first-order valence-electron chi connectivity index (χ1n) is 10.5. The molecule has 6 heteroatoms. The molecule has 6 nitrogen and oxygen atoms in total. The summed E-state index contributed by atoms with van der Waals surface area (Å²) in [6.07, 6.45) is 2.23. The number of ether oxygens (including phenoxy) is 2. The Morgan fingerprint density at radius 1 is 0.812 bits per heavy atom. The maximum Gasteiger partial charge on any atom is 0.324 e. The van der Waals surface area contributed by atoms with E-state index in [4.69, 9.17) is 9.47 Å². The molecule has 32 heavy (non-hydrogen) atoms. The largest absolute Gasteiger partial charge is 0.489 e. The zero-order valence-electron chi connectivity index (χ0n) is 17.9. The highest BCUT2D eigenvalue weighted by molar-refractivity contribution is 5.84. The lowest BCUT2D eigenvalue weighted by Crippen LogP contribution is -2.41. The SMILES string of the molecule is O=[C]N(CCc1ccc(OCc2ccccc2)cc1)C(=O)NCCOCc1ccccc1. The summed E-state index contributed by atoms with van der Waals surface area (Å²) in [6, 6.07) is 26.9. The van der Waals surface area contributed by atoms with Crippen molar-refractivity contribution in [2.75, 3.05) is 19.7 Å². The fourth-order valence-electron chi connectivity index (χ4n) is 3.01. The van der Waals surface area contributed by atoms with Crippen molar-refractivity contribution in [3.63, 3.8) is 0 Å². The van der Waals surface area contributed by atoms with E-state index >= 15 is 0 Å². The third-order valence-electron chi connectivity index (χ3n) is 4.79. The van der Waals surface area contributed by atoms with Gasteiger partial charge in [-0.1, -0.05) is 72.8 Å². The Hall–Kier alpha value is -3.64. The molecule has 3 rings (SSSR count). The average Bonchev–Trinajstić information content (AvgIpc) is 2.85. The fraction of sp³-hybridized carbons (Fsp3) is 0.231. The molecule has 0 atom stereocenters. The van der Waals surface area contributed by atoms with Crippen LogP contribution in [0.2, 0.25) is 0 Å². The maximum absolute atomic E-state index is 12.2. The second-order valence-electron chi connectivity index (χ2n) is 7.18. The number of nitrogens with one attached hydrogen (secondary N) is 1. The lowest BCUT2D eigenvalue weighted by molar-refractivity contribution is 0.122. The normalized spacial score (nSPS) is 10.4. The van der Waals surface area contributed by atoms with Crippen LogP contribution in [0.25, 0.3) is 0 Å². The molecule has 3 aromatic carbocycles. The Labute approximate surface area is 188 Å². The molecular weight excluding hydrogens is 404 g/mol. The zero-order chi connectivity index (χ0) is 22.4. The molecular formula is C26H27N2O4. The average molecular weight is 432 g/mol. The van der Waals surface area contributed by atoms with Crippen LogP contribution in [0.5, 0.6) is 5.75 Å². The van der Waals surface area contributed by atoms with Crippen LogP contribution in [0.1, 0.15) is 16.7 Å². The lowest BCUT2D eigenvalue weighted by Gasteiger charge is -2.15. The Morgan fingerprint density at radius 3 is 2.06 bits per heavy atom. The van der Waals surface area contributed by atoms with E-state index in [2.05, 4.69) is 5.32 Å². The molecule has 0 saturated heterocycles. The summed E-state index contributed by atoms with van der Waals surface area (Å²) in [7, 11) is 0. The highest BCUT2D eigenvalue weighted by Gasteiger charge is 2.13. The first kappa shape index (κ1) is 23.0. The van der Waals surface area contributed by atoms with Gasteiger partial charge in [0.2, 0.25) is 0 Å². The van der Waals surface area contributed by atoms with Gasteiger partial charge in [0, 0.05) is 13.1 Å². The lowest BCUT2D eigenvalue weighted by atomic mass is 10.1. The molecule has 0 aliphatic carbocycles. The zero-order valence-corrected chi connectivity index (χ0v) is 17.9. The van der Waals surface area contributed by atoms with Gasteiger partial charge in [-0.25, -0.2) is 4.79 Å². The molecule has 165 valence electrons. The molecule has 0 heterocycles. The monoisotopic (exact) mass is 431 g/mol. The summed E-state index contributed by atoms with van der Waals surface area (Å²) < 4.78 is 11.3. The van der Waals surface area contributed by atoms with E-state index in [9.17, 15) is 9.59 Å². The first-order chi connectivity index (χ1) is 15.7. The van der Waals surface area contributed by atoms with E-state index in [-0.39, 0.29) is 6.54 Å². The minimum absolute atomic E-state index is 0.241. The van der Waals surface area contributed by atoms with E-state index in [1.54, 1.807) is 6.41 Å². The number of carbonyl (C=O) groups is 1. The number of hydrogen-bond donors (Lipinski definition) is 1. The van der Waals surface area contributed by atoms with Gasteiger partial charge in [-0.2, -0.15) is 0 Å². The van der Waals surface area contributed by atoms with E-state index in [0.29, 0.717) is 32.8 Å². The quantitative estimate of drug-likeness (QED) is 0.346. The van der Waals surface area contributed by atoms with Crippen molar-refractivity contribution in [2.45, 2.75) is 19.6 Å². The van der Waals surface area contributed by atoms with E-state index in [1.165, 1.54) is 0 Å². The van der Waals surface area contributed by atoms with Gasteiger partial charge in [0.05, 0.1) is 13.2 Å². The van der Waals surface area contributed by atoms with Crippen molar-refractivity contribution in [3.8, 4) is 5.75 Å². The summed E-state index contributed by atoms with van der Waals surface area (Å²) in [5.74, 6) is 0.768. The maximum atomic E-state index is 12.2. The van der Waals surface area contributed by atoms with Gasteiger partial charge in [0.15, 0.2) is 0 Å². The van der Waals surface area contributed by atoms with Crippen LogP contribution in [-0.2, 0) is 29.2 Å². The van der Waals surface area contributed by atoms with Crippen molar-refractivity contribution in [1.29, 1.82) is 0 Å². The second-order valence-corrected chi connectivity index (χ2v) is 7.18. The minimum atomic E-state index is -0.480. The summed E-state index contributed by atoms with van der Waals surface area (Å²) >= 11 is 0. The molecule has 3 amide bonds. The van der Waals surface area contributed by atoms with Crippen molar-refractivity contribution >= 4 is 12.4 Å². The molecule has 0 aliphatic rings. The van der Waals surface area contributed by atoms with Crippen LogP contribution in [0.15, 0.2) is 84.9 Å². The van der Waals surface area contributed by atoms with Crippen molar-refractivity contribution in [3.05, 3.63) is 102 Å². The Bertz CT molecular complexity index is 947. The second kappa shape index (κ2) is 12.9. The standard InChI is InChI=1S/C26H27N2O4/c29-21-28(26(30)27-16-18-31-19-23-7-3-1-4-8-23)17-15-22-11-13-25(14-12-22)32-20-24-9-5-2-6-10-24/h1-14H,15-20H2,(H,27,30). The molecule has 0 aromatic heterocycles. The number of rotatable bonds is 12. The molecule has 0 spiro atoms. The molecule has 0 saturated carbocycles. The van der Waals surface area contributed by atoms with Crippen LogP contribution in [0, 0.1) is 0 Å². The Balaban J connectivity index is 1.34. The molecule has 1 N–H and O–H groups in total. The molecule has 0 unspecified atom stereocenters. The predicted molar refractivity (Wildman–Crippen MR) is 123 cm³/mol. The van der Waals surface area contributed by atoms with Gasteiger partial charge in [0.1, 0.15) is 12.4 Å². The van der Waals surface area contributed by atoms with Gasteiger partial charge >= 0.3 is 12.4 Å². The molecule has 0 fully saturated rings. The van der Waals surface area contributed by atoms with Crippen molar-refractivity contribution in [2.24, 2.45) is 0 Å². The topological polar surface area (TPSA) is 67.9 Å². The van der Waals surface area contributed by atoms with E-state index < -0.39 is 6.03 Å². The van der Waals surface area contributed by atoms with Crippen LogP contribution in [-0.4, -0.2) is 37.0 Å². The summed E-state index contributed by atoms with van der Waals surface area (Å²) in [5.41, 5.74) is 3.17. The number of nitrogens with zero attached hydrogens (tertiary/aromatic N) is 1. The molecule has 0 bridgehead atoms. The number of carbonyl (C=O) groups excluding carboxylic acids is 2. The van der Waals surface area contributed by atoms with E-state index in [0.717, 1.165) is 27.3 Å². The third kappa shape index (κ3) is 7.89. The molecule has 3 aromatic rings. The fourth-order valence-corrected chi connectivity index (χ4v) is 3.01.